The van der Waals surface area contributed by atoms with Gasteiger partial charge in [-0.3, -0.25) is 24.0 Å². The summed E-state index contributed by atoms with van der Waals surface area (Å²) in [5.41, 5.74) is 6.54. The van der Waals surface area contributed by atoms with Crippen molar-refractivity contribution in [3.63, 3.8) is 0 Å². The van der Waals surface area contributed by atoms with Gasteiger partial charge >= 0.3 is 5.97 Å². The Balaban J connectivity index is 3.19. The van der Waals surface area contributed by atoms with E-state index < -0.39 is 72.1 Å². The number of amides is 4. The van der Waals surface area contributed by atoms with Crippen LogP contribution in [-0.4, -0.2) is 76.3 Å². The van der Waals surface area contributed by atoms with Gasteiger partial charge in [-0.25, -0.2) is 0 Å². The fraction of sp³-hybridized carbons (Fsp3) is 0.556. The minimum atomic E-state index is -1.59. The molecule has 1 aromatic carbocycles. The number of aliphatic carboxylic acids is 1. The Hall–Kier alpha value is -4.00. The second-order valence-corrected chi connectivity index (χ2v) is 10.5. The number of phenolic OH excluding ortho intramolecular Hbond substituents is 1. The van der Waals surface area contributed by atoms with Gasteiger partial charge in [0.1, 0.15) is 30.2 Å². The van der Waals surface area contributed by atoms with Gasteiger partial charge in [0.05, 0.1) is 18.5 Å². The number of aromatic hydroxyl groups is 1. The van der Waals surface area contributed by atoms with Crippen molar-refractivity contribution in [2.75, 3.05) is 0 Å². The third-order valence-corrected chi connectivity index (χ3v) is 5.90. The molecule has 0 aliphatic rings. The van der Waals surface area contributed by atoms with E-state index in [1.165, 1.54) is 19.1 Å². The maximum atomic E-state index is 13.3. The summed E-state index contributed by atoms with van der Waals surface area (Å²) in [7, 11) is 0. The fourth-order valence-electron chi connectivity index (χ4n) is 3.76. The highest BCUT2D eigenvalue weighted by Gasteiger charge is 2.33. The van der Waals surface area contributed by atoms with Crippen LogP contribution in [0.25, 0.3) is 0 Å². The summed E-state index contributed by atoms with van der Waals surface area (Å²) >= 11 is 0. The lowest BCUT2D eigenvalue weighted by Gasteiger charge is -2.27. The minimum Gasteiger partial charge on any atom is -0.508 e. The summed E-state index contributed by atoms with van der Waals surface area (Å²) < 4.78 is 0. The van der Waals surface area contributed by atoms with Crippen LogP contribution in [0.1, 0.15) is 53.0 Å². The van der Waals surface area contributed by atoms with Gasteiger partial charge < -0.3 is 42.0 Å². The smallest absolute Gasteiger partial charge is 0.305 e. The van der Waals surface area contributed by atoms with Crippen molar-refractivity contribution < 1.29 is 39.0 Å². The third-order valence-electron chi connectivity index (χ3n) is 5.90. The number of hydrogen-bond donors (Lipinski definition) is 7. The predicted octanol–water partition coefficient (Wildman–Crippen LogP) is -0.403. The summed E-state index contributed by atoms with van der Waals surface area (Å²) in [6.45, 7) is 8.50. The van der Waals surface area contributed by atoms with E-state index in [-0.39, 0.29) is 18.1 Å². The lowest BCUT2D eigenvalue weighted by atomic mass is 10.0. The molecule has 1 rings (SSSR count). The van der Waals surface area contributed by atoms with Crippen LogP contribution in [-0.2, 0) is 35.2 Å². The molecule has 4 amide bonds. The standard InChI is InChI=1S/C27H41N5O8/c1-14(2)10-19(28)24(37)30-20(11-17-6-8-18(34)9-7-17)25(38)31-21(12-22(35)36)26(39)32-23(15(3)4)27(40)29-16(5)13-33/h6-9,13-16,19-21,23,34H,10-12,28H2,1-5H3,(H,29,40)(H,30,37)(H,31,38)(H,32,39)(H,35,36)/t16-,19-,20-,21-,23-/m0/s1. The molecular weight excluding hydrogens is 522 g/mol. The molecule has 0 aliphatic carbocycles. The van der Waals surface area contributed by atoms with Gasteiger partial charge in [0.25, 0.3) is 0 Å². The molecule has 0 spiro atoms. The predicted molar refractivity (Wildman–Crippen MR) is 146 cm³/mol. The van der Waals surface area contributed by atoms with E-state index in [0.29, 0.717) is 18.3 Å². The van der Waals surface area contributed by atoms with Crippen molar-refractivity contribution in [2.45, 2.75) is 84.1 Å². The van der Waals surface area contributed by atoms with Gasteiger partial charge in [0, 0.05) is 6.42 Å². The molecule has 0 unspecified atom stereocenters. The molecule has 13 nitrogen and oxygen atoms in total. The highest BCUT2D eigenvalue weighted by atomic mass is 16.4. The van der Waals surface area contributed by atoms with Crippen LogP contribution < -0.4 is 27.0 Å². The number of carbonyl (C=O) groups is 6. The van der Waals surface area contributed by atoms with E-state index in [0.717, 1.165) is 0 Å². The molecule has 0 aliphatic heterocycles. The highest BCUT2D eigenvalue weighted by Crippen LogP contribution is 2.13. The molecule has 0 saturated heterocycles. The van der Waals surface area contributed by atoms with Crippen LogP contribution >= 0.6 is 0 Å². The zero-order valence-corrected chi connectivity index (χ0v) is 23.5. The average Bonchev–Trinajstić information content (AvgIpc) is 2.86. The molecule has 0 radical (unpaired) electrons. The number of carboxylic acids is 1. The Bertz CT molecular complexity index is 1040. The Labute approximate surface area is 233 Å². The van der Waals surface area contributed by atoms with Crippen molar-refractivity contribution in [3.8, 4) is 5.75 Å². The van der Waals surface area contributed by atoms with E-state index >= 15 is 0 Å². The lowest BCUT2D eigenvalue weighted by Crippen LogP contribution is -2.59. The van der Waals surface area contributed by atoms with Gasteiger partial charge in [-0.05, 0) is 42.9 Å². The number of carboxylic acid groups (broad SMARTS) is 1. The molecule has 40 heavy (non-hydrogen) atoms. The monoisotopic (exact) mass is 563 g/mol. The van der Waals surface area contributed by atoms with Crippen LogP contribution in [0.15, 0.2) is 24.3 Å². The van der Waals surface area contributed by atoms with Gasteiger partial charge in [-0.15, -0.1) is 0 Å². The lowest BCUT2D eigenvalue weighted by molar-refractivity contribution is -0.141. The van der Waals surface area contributed by atoms with E-state index in [9.17, 15) is 39.0 Å². The zero-order chi connectivity index (χ0) is 30.6. The van der Waals surface area contributed by atoms with E-state index in [2.05, 4.69) is 21.3 Å². The molecule has 0 saturated carbocycles. The Kier molecular flexibility index (Phi) is 13.8. The van der Waals surface area contributed by atoms with Crippen molar-refractivity contribution in [1.29, 1.82) is 0 Å². The molecule has 8 N–H and O–H groups in total. The topological polar surface area (TPSA) is 217 Å². The SMILES string of the molecule is CC(C)C[C@H](N)C(=O)N[C@@H](Cc1ccc(O)cc1)C(=O)N[C@@H](CC(=O)O)C(=O)N[C@H](C(=O)N[C@@H](C)C=O)C(C)C. The molecule has 0 aromatic heterocycles. The first kappa shape index (κ1) is 34.0. The second kappa shape index (κ2) is 16.2. The van der Waals surface area contributed by atoms with Crippen LogP contribution in [0.4, 0.5) is 0 Å². The van der Waals surface area contributed by atoms with Crippen molar-refractivity contribution in [2.24, 2.45) is 17.6 Å². The molecular formula is C27H41N5O8. The summed E-state index contributed by atoms with van der Waals surface area (Å²) in [5.74, 6) is -4.76. The fourth-order valence-corrected chi connectivity index (χ4v) is 3.76. The van der Waals surface area contributed by atoms with Gasteiger partial charge in [-0.2, -0.15) is 0 Å². The van der Waals surface area contributed by atoms with Crippen LogP contribution in [0, 0.1) is 11.8 Å². The normalized spacial score (nSPS) is 14.8. The van der Waals surface area contributed by atoms with Crippen LogP contribution in [0.3, 0.4) is 0 Å². The Morgan fingerprint density at radius 1 is 0.825 bits per heavy atom. The Morgan fingerprint density at radius 2 is 1.38 bits per heavy atom. The number of nitrogens with one attached hydrogen (secondary N) is 4. The maximum absolute atomic E-state index is 13.3. The second-order valence-electron chi connectivity index (χ2n) is 10.5. The van der Waals surface area contributed by atoms with E-state index in [1.54, 1.807) is 26.0 Å². The summed E-state index contributed by atoms with van der Waals surface area (Å²) in [5, 5.41) is 28.8. The quantitative estimate of drug-likeness (QED) is 0.130. The molecule has 13 heteroatoms. The minimum absolute atomic E-state index is 0.00258. The molecule has 0 fully saturated rings. The van der Waals surface area contributed by atoms with Crippen LogP contribution in [0.5, 0.6) is 5.75 Å². The number of benzene rings is 1. The molecule has 222 valence electrons. The van der Waals surface area contributed by atoms with Gasteiger partial charge in [0.2, 0.25) is 23.6 Å². The number of nitrogens with two attached hydrogens (primary N) is 1. The zero-order valence-electron chi connectivity index (χ0n) is 23.5. The third kappa shape index (κ3) is 11.8. The van der Waals surface area contributed by atoms with Gasteiger partial charge in [-0.1, -0.05) is 39.8 Å². The van der Waals surface area contributed by atoms with E-state index in [1.807, 2.05) is 13.8 Å². The van der Waals surface area contributed by atoms with Crippen molar-refractivity contribution in [1.82, 2.24) is 21.3 Å². The summed E-state index contributed by atoms with van der Waals surface area (Å²) in [6.07, 6.45) is 0.0146. The number of carbonyl (C=O) groups excluding carboxylic acids is 5. The Morgan fingerprint density at radius 3 is 1.88 bits per heavy atom. The number of rotatable bonds is 16. The first-order chi connectivity index (χ1) is 18.6. The highest BCUT2D eigenvalue weighted by molar-refractivity contribution is 5.96. The molecule has 1 aromatic rings. The van der Waals surface area contributed by atoms with Gasteiger partial charge in [0.15, 0.2) is 0 Å². The van der Waals surface area contributed by atoms with Crippen LogP contribution in [0.2, 0.25) is 0 Å². The average molecular weight is 564 g/mol. The largest absolute Gasteiger partial charge is 0.508 e. The summed E-state index contributed by atoms with van der Waals surface area (Å²) in [4.78, 5) is 74.2. The maximum Gasteiger partial charge on any atom is 0.305 e. The number of phenols is 1. The number of hydrogen-bond acceptors (Lipinski definition) is 8. The first-order valence-electron chi connectivity index (χ1n) is 13.1. The molecule has 5 atom stereocenters. The van der Waals surface area contributed by atoms with E-state index in [4.69, 9.17) is 5.73 Å². The van der Waals surface area contributed by atoms with Crippen molar-refractivity contribution in [3.05, 3.63) is 29.8 Å². The van der Waals surface area contributed by atoms with Crippen molar-refractivity contribution >= 4 is 35.9 Å². The summed E-state index contributed by atoms with van der Waals surface area (Å²) in [6, 6.07) is 0.221. The molecule has 0 bridgehead atoms. The molecule has 0 heterocycles. The first-order valence-corrected chi connectivity index (χ1v) is 13.1. The number of aldehydes is 1.